The number of likely N-dealkylation sites (tertiary alicyclic amines) is 1. The van der Waals surface area contributed by atoms with Gasteiger partial charge < -0.3 is 10.2 Å². The largest absolute Gasteiger partial charge is 0.352 e. The molecule has 33 heavy (non-hydrogen) atoms. The van der Waals surface area contributed by atoms with Gasteiger partial charge in [-0.1, -0.05) is 31.2 Å². The van der Waals surface area contributed by atoms with E-state index in [-0.39, 0.29) is 66.8 Å². The molecule has 0 saturated carbocycles. The van der Waals surface area contributed by atoms with E-state index in [1.807, 2.05) is 32.9 Å². The van der Waals surface area contributed by atoms with Crippen LogP contribution in [0.5, 0.6) is 0 Å². The zero-order chi connectivity index (χ0) is 24.1. The molecule has 1 N–H and O–H groups in total. The highest BCUT2D eigenvalue weighted by molar-refractivity contribution is 6.05. The second-order valence-electron chi connectivity index (χ2n) is 8.97. The third kappa shape index (κ3) is 5.67. The number of benzene rings is 1. The minimum atomic E-state index is -0.721. The van der Waals surface area contributed by atoms with E-state index in [9.17, 15) is 23.6 Å². The SMILES string of the molecule is CC[C@@H](C(=O)NC(C)C)N(Cc1ccc(F)cc1)C(=O)CCN1C(=O)[C@H]2CC=CC[C@H]2C1=O. The lowest BCUT2D eigenvalue weighted by Gasteiger charge is -2.31. The van der Waals surface area contributed by atoms with Crippen molar-refractivity contribution in [2.24, 2.45) is 11.8 Å². The van der Waals surface area contributed by atoms with Crippen LogP contribution in [0.3, 0.4) is 0 Å². The molecule has 1 heterocycles. The molecule has 0 radical (unpaired) electrons. The van der Waals surface area contributed by atoms with Crippen molar-refractivity contribution in [2.45, 2.75) is 65.1 Å². The smallest absolute Gasteiger partial charge is 0.243 e. The third-order valence-corrected chi connectivity index (χ3v) is 6.23. The van der Waals surface area contributed by atoms with Crippen LogP contribution in [-0.2, 0) is 25.7 Å². The van der Waals surface area contributed by atoms with Crippen molar-refractivity contribution < 1.29 is 23.6 Å². The van der Waals surface area contributed by atoms with Gasteiger partial charge in [-0.2, -0.15) is 0 Å². The van der Waals surface area contributed by atoms with Gasteiger partial charge in [0, 0.05) is 25.6 Å². The van der Waals surface area contributed by atoms with E-state index in [0.29, 0.717) is 24.8 Å². The number of rotatable bonds is 9. The molecule has 1 fully saturated rings. The molecule has 1 aliphatic heterocycles. The maximum atomic E-state index is 13.4. The van der Waals surface area contributed by atoms with Crippen molar-refractivity contribution in [3.63, 3.8) is 0 Å². The number of imide groups is 1. The van der Waals surface area contributed by atoms with E-state index in [0.717, 1.165) is 0 Å². The van der Waals surface area contributed by atoms with Gasteiger partial charge in [0.1, 0.15) is 11.9 Å². The maximum absolute atomic E-state index is 13.4. The van der Waals surface area contributed by atoms with Gasteiger partial charge in [0.05, 0.1) is 11.8 Å². The number of allylic oxidation sites excluding steroid dienone is 2. The molecule has 0 aromatic heterocycles. The number of fused-ring (bicyclic) bond motifs is 1. The van der Waals surface area contributed by atoms with Gasteiger partial charge in [-0.15, -0.1) is 0 Å². The molecule has 4 amide bonds. The molecule has 1 aliphatic carbocycles. The fraction of sp³-hybridized carbons (Fsp3) is 0.520. The Balaban J connectivity index is 1.75. The molecule has 3 atom stereocenters. The minimum absolute atomic E-state index is 0.00828. The van der Waals surface area contributed by atoms with Gasteiger partial charge in [-0.3, -0.25) is 24.1 Å². The molecule has 7 nitrogen and oxygen atoms in total. The molecule has 1 aromatic rings. The molecule has 0 bridgehead atoms. The van der Waals surface area contributed by atoms with Crippen molar-refractivity contribution in [2.75, 3.05) is 6.54 Å². The number of hydrogen-bond donors (Lipinski definition) is 1. The molecule has 2 aliphatic rings. The number of amides is 4. The standard InChI is InChI=1S/C25H32FN3O4/c1-4-21(23(31)27-16(2)3)29(15-17-9-11-18(26)12-10-17)22(30)13-14-28-24(32)19-7-5-6-8-20(19)25(28)33/h5-6,9-12,16,19-21H,4,7-8,13-15H2,1-3H3,(H,27,31)/t19-,20+,21-/m0/s1. The first kappa shape index (κ1) is 24.6. The number of carbonyl (C=O) groups is 4. The van der Waals surface area contributed by atoms with Crippen molar-refractivity contribution in [3.05, 3.63) is 47.8 Å². The summed E-state index contributed by atoms with van der Waals surface area (Å²) in [6, 6.07) is 4.96. The first-order valence-corrected chi connectivity index (χ1v) is 11.6. The maximum Gasteiger partial charge on any atom is 0.243 e. The Bertz CT molecular complexity index is 902. The third-order valence-electron chi connectivity index (χ3n) is 6.23. The van der Waals surface area contributed by atoms with Crippen LogP contribution in [0.1, 0.15) is 52.0 Å². The minimum Gasteiger partial charge on any atom is -0.352 e. The quantitative estimate of drug-likeness (QED) is 0.456. The lowest BCUT2D eigenvalue weighted by Crippen LogP contribution is -2.51. The summed E-state index contributed by atoms with van der Waals surface area (Å²) >= 11 is 0. The molecule has 0 unspecified atom stereocenters. The predicted molar refractivity (Wildman–Crippen MR) is 121 cm³/mol. The number of nitrogens with zero attached hydrogens (tertiary/aromatic N) is 2. The Labute approximate surface area is 194 Å². The van der Waals surface area contributed by atoms with Crippen molar-refractivity contribution in [1.29, 1.82) is 0 Å². The summed E-state index contributed by atoms with van der Waals surface area (Å²) in [5.74, 6) is -2.12. The Morgan fingerprint density at radius 1 is 1.09 bits per heavy atom. The Morgan fingerprint density at radius 2 is 1.67 bits per heavy atom. The zero-order valence-electron chi connectivity index (χ0n) is 19.4. The summed E-state index contributed by atoms with van der Waals surface area (Å²) in [6.07, 6.45) is 5.25. The van der Waals surface area contributed by atoms with E-state index in [1.54, 1.807) is 12.1 Å². The van der Waals surface area contributed by atoms with Gasteiger partial charge in [0.15, 0.2) is 0 Å². The van der Waals surface area contributed by atoms with Crippen molar-refractivity contribution >= 4 is 23.6 Å². The average molecular weight is 458 g/mol. The van der Waals surface area contributed by atoms with Crippen LogP contribution in [0, 0.1) is 17.7 Å². The van der Waals surface area contributed by atoms with Gasteiger partial charge in [0.25, 0.3) is 0 Å². The summed E-state index contributed by atoms with van der Waals surface area (Å²) < 4.78 is 13.4. The Kier molecular flexibility index (Phi) is 8.00. The molecular weight excluding hydrogens is 425 g/mol. The van der Waals surface area contributed by atoms with E-state index < -0.39 is 6.04 Å². The Hall–Kier alpha value is -3.03. The first-order chi connectivity index (χ1) is 15.7. The molecule has 0 spiro atoms. The van der Waals surface area contributed by atoms with Crippen molar-refractivity contribution in [3.8, 4) is 0 Å². The summed E-state index contributed by atoms with van der Waals surface area (Å²) in [5.41, 5.74) is 0.686. The number of halogens is 1. The number of hydrogen-bond acceptors (Lipinski definition) is 4. The summed E-state index contributed by atoms with van der Waals surface area (Å²) in [6.45, 7) is 5.62. The van der Waals surface area contributed by atoms with Crippen LogP contribution >= 0.6 is 0 Å². The van der Waals surface area contributed by atoms with Crippen LogP contribution in [0.15, 0.2) is 36.4 Å². The van der Waals surface area contributed by atoms with Gasteiger partial charge in [-0.05, 0) is 50.8 Å². The van der Waals surface area contributed by atoms with Crippen LogP contribution in [0.4, 0.5) is 4.39 Å². The van der Waals surface area contributed by atoms with E-state index in [4.69, 9.17) is 0 Å². The highest BCUT2D eigenvalue weighted by Gasteiger charge is 2.47. The summed E-state index contributed by atoms with van der Waals surface area (Å²) in [5, 5.41) is 2.85. The second kappa shape index (κ2) is 10.7. The fourth-order valence-corrected chi connectivity index (χ4v) is 4.53. The molecular formula is C25H32FN3O4. The second-order valence-corrected chi connectivity index (χ2v) is 8.97. The highest BCUT2D eigenvalue weighted by Crippen LogP contribution is 2.35. The van der Waals surface area contributed by atoms with Gasteiger partial charge in [0.2, 0.25) is 23.6 Å². The van der Waals surface area contributed by atoms with E-state index in [1.165, 1.54) is 21.9 Å². The number of nitrogens with one attached hydrogen (secondary N) is 1. The normalized spacial score (nSPS) is 20.7. The Morgan fingerprint density at radius 3 is 2.18 bits per heavy atom. The van der Waals surface area contributed by atoms with Crippen molar-refractivity contribution in [1.82, 2.24) is 15.1 Å². The average Bonchev–Trinajstić information content (AvgIpc) is 3.02. The molecule has 1 aromatic carbocycles. The fourth-order valence-electron chi connectivity index (χ4n) is 4.53. The van der Waals surface area contributed by atoms with Crippen LogP contribution in [-0.4, -0.2) is 52.1 Å². The predicted octanol–water partition coefficient (Wildman–Crippen LogP) is 2.80. The number of carbonyl (C=O) groups excluding carboxylic acids is 4. The molecule has 3 rings (SSSR count). The molecule has 1 saturated heterocycles. The van der Waals surface area contributed by atoms with Crippen LogP contribution < -0.4 is 5.32 Å². The zero-order valence-corrected chi connectivity index (χ0v) is 19.4. The van der Waals surface area contributed by atoms with Crippen LogP contribution in [0.2, 0.25) is 0 Å². The lowest BCUT2D eigenvalue weighted by molar-refractivity contribution is -0.144. The van der Waals surface area contributed by atoms with Gasteiger partial charge in [-0.25, -0.2) is 4.39 Å². The molecule has 178 valence electrons. The van der Waals surface area contributed by atoms with E-state index >= 15 is 0 Å². The summed E-state index contributed by atoms with van der Waals surface area (Å²) in [7, 11) is 0. The van der Waals surface area contributed by atoms with E-state index in [2.05, 4.69) is 5.32 Å². The highest BCUT2D eigenvalue weighted by atomic mass is 19.1. The van der Waals surface area contributed by atoms with Gasteiger partial charge >= 0.3 is 0 Å². The monoisotopic (exact) mass is 457 g/mol. The lowest BCUT2D eigenvalue weighted by atomic mass is 9.85. The van der Waals surface area contributed by atoms with Crippen LogP contribution in [0.25, 0.3) is 0 Å². The molecule has 8 heteroatoms. The first-order valence-electron chi connectivity index (χ1n) is 11.6. The summed E-state index contributed by atoms with van der Waals surface area (Å²) in [4.78, 5) is 54.2. The topological polar surface area (TPSA) is 86.8 Å².